The third kappa shape index (κ3) is 3.02. The van der Waals surface area contributed by atoms with Crippen LogP contribution in [0.1, 0.15) is 25.0 Å². The second-order valence-electron chi connectivity index (χ2n) is 6.51. The average molecular weight is 342 g/mol. The maximum absolute atomic E-state index is 10.5. The molecule has 130 valence electrons. The van der Waals surface area contributed by atoms with Crippen LogP contribution in [0.25, 0.3) is 33.4 Å². The van der Waals surface area contributed by atoms with Gasteiger partial charge in [-0.15, -0.1) is 0 Å². The Morgan fingerprint density at radius 3 is 1.27 bits per heavy atom. The lowest BCUT2D eigenvalue weighted by Crippen LogP contribution is -1.97. The highest BCUT2D eigenvalue weighted by Crippen LogP contribution is 2.46. The van der Waals surface area contributed by atoms with E-state index in [1.807, 2.05) is 50.2 Å². The van der Waals surface area contributed by atoms with Crippen LogP contribution in [0.4, 0.5) is 0 Å². The van der Waals surface area contributed by atoms with E-state index in [1.165, 1.54) is 0 Å². The molecule has 0 saturated heterocycles. The van der Waals surface area contributed by atoms with E-state index >= 15 is 0 Å². The smallest absolute Gasteiger partial charge is 0.123 e. The van der Waals surface area contributed by atoms with E-state index in [-0.39, 0.29) is 11.5 Å². The summed E-state index contributed by atoms with van der Waals surface area (Å²) in [6.07, 6.45) is 0. The molecule has 0 aliphatic rings. The number of phenolic OH excluding ortho intramolecular Hbond substituents is 2. The summed E-state index contributed by atoms with van der Waals surface area (Å²) < 4.78 is 0. The topological polar surface area (TPSA) is 40.5 Å². The third-order valence-corrected chi connectivity index (χ3v) is 4.47. The van der Waals surface area contributed by atoms with Crippen LogP contribution < -0.4 is 0 Å². The Morgan fingerprint density at radius 1 is 0.615 bits per heavy atom. The zero-order valence-electron chi connectivity index (χ0n) is 15.1. The van der Waals surface area contributed by atoms with Crippen LogP contribution >= 0.6 is 0 Å². The van der Waals surface area contributed by atoms with E-state index in [0.29, 0.717) is 11.1 Å². The van der Waals surface area contributed by atoms with Gasteiger partial charge in [0.15, 0.2) is 0 Å². The minimum Gasteiger partial charge on any atom is -0.507 e. The normalized spacial score (nSPS) is 10.5. The predicted octanol–water partition coefficient (Wildman–Crippen LogP) is 6.50. The maximum Gasteiger partial charge on any atom is 0.123 e. The number of hydrogen-bond donors (Lipinski definition) is 2. The Morgan fingerprint density at radius 2 is 0.962 bits per heavy atom. The molecule has 2 nitrogen and oxygen atoms in total. The van der Waals surface area contributed by atoms with Crippen molar-refractivity contribution in [2.24, 2.45) is 0 Å². The summed E-state index contributed by atoms with van der Waals surface area (Å²) in [5, 5.41) is 21.1. The van der Waals surface area contributed by atoms with Crippen LogP contribution in [0.15, 0.2) is 73.8 Å². The molecule has 0 radical (unpaired) electrons. The van der Waals surface area contributed by atoms with E-state index in [4.69, 9.17) is 0 Å². The van der Waals surface area contributed by atoms with Gasteiger partial charge < -0.3 is 10.2 Å². The highest BCUT2D eigenvalue weighted by molar-refractivity contribution is 5.99. The monoisotopic (exact) mass is 342 g/mol. The summed E-state index contributed by atoms with van der Waals surface area (Å²) in [6.45, 7) is 12.1. The minimum atomic E-state index is 0.186. The van der Waals surface area contributed by atoms with Crippen LogP contribution in [-0.2, 0) is 0 Å². The van der Waals surface area contributed by atoms with Gasteiger partial charge in [-0.2, -0.15) is 0 Å². The fourth-order valence-corrected chi connectivity index (χ4v) is 3.24. The van der Waals surface area contributed by atoms with Gasteiger partial charge in [0.05, 0.1) is 0 Å². The van der Waals surface area contributed by atoms with Crippen molar-refractivity contribution in [3.8, 4) is 33.8 Å². The summed E-state index contributed by atoms with van der Waals surface area (Å²) in [6, 6.07) is 18.4. The van der Waals surface area contributed by atoms with Crippen LogP contribution in [-0.4, -0.2) is 10.2 Å². The van der Waals surface area contributed by atoms with Crippen molar-refractivity contribution in [2.45, 2.75) is 13.8 Å². The number of para-hydroxylation sites is 2. The van der Waals surface area contributed by atoms with Crippen LogP contribution in [0.2, 0.25) is 0 Å². The zero-order valence-corrected chi connectivity index (χ0v) is 15.1. The first-order chi connectivity index (χ1) is 12.4. The molecule has 0 saturated carbocycles. The molecule has 3 rings (SSSR count). The fourth-order valence-electron chi connectivity index (χ4n) is 3.24. The van der Waals surface area contributed by atoms with Gasteiger partial charge in [0.25, 0.3) is 0 Å². The lowest BCUT2D eigenvalue weighted by Gasteiger charge is -2.21. The number of rotatable bonds is 4. The number of phenols is 2. The number of aromatic hydroxyl groups is 2. The second kappa shape index (κ2) is 6.93. The van der Waals surface area contributed by atoms with Gasteiger partial charge in [-0.05, 0) is 37.1 Å². The molecule has 0 unspecified atom stereocenters. The lowest BCUT2D eigenvalue weighted by atomic mass is 9.83. The van der Waals surface area contributed by atoms with Crippen molar-refractivity contribution < 1.29 is 10.2 Å². The van der Waals surface area contributed by atoms with E-state index in [2.05, 4.69) is 13.2 Å². The zero-order chi connectivity index (χ0) is 18.8. The predicted molar refractivity (Wildman–Crippen MR) is 110 cm³/mol. The first-order valence-corrected chi connectivity index (χ1v) is 8.47. The SMILES string of the molecule is C=C(C)c1ccc(C(=C)C)c(-c2ccccc2O)c1-c1ccccc1O. The highest BCUT2D eigenvalue weighted by atomic mass is 16.3. The molecule has 0 amide bonds. The van der Waals surface area contributed by atoms with Crippen molar-refractivity contribution in [1.29, 1.82) is 0 Å². The van der Waals surface area contributed by atoms with Crippen molar-refractivity contribution in [3.63, 3.8) is 0 Å². The molecule has 3 aromatic carbocycles. The number of allylic oxidation sites excluding steroid dienone is 2. The number of benzene rings is 3. The highest BCUT2D eigenvalue weighted by Gasteiger charge is 2.21. The van der Waals surface area contributed by atoms with Gasteiger partial charge in [0.2, 0.25) is 0 Å². The largest absolute Gasteiger partial charge is 0.507 e. The standard InChI is InChI=1S/C24H22O2/c1-15(2)17-13-14-18(16(3)4)24(20-10-6-8-12-22(20)26)23(17)19-9-5-7-11-21(19)25/h5-14,25-26H,1,3H2,2,4H3. The molecule has 2 heteroatoms. The van der Waals surface area contributed by atoms with Crippen molar-refractivity contribution >= 4 is 11.1 Å². The molecule has 2 N–H and O–H groups in total. The van der Waals surface area contributed by atoms with Crippen molar-refractivity contribution in [3.05, 3.63) is 84.9 Å². The van der Waals surface area contributed by atoms with Gasteiger partial charge in [0.1, 0.15) is 11.5 Å². The van der Waals surface area contributed by atoms with Gasteiger partial charge in [-0.1, -0.05) is 72.8 Å². The first-order valence-electron chi connectivity index (χ1n) is 8.47. The Balaban J connectivity index is 2.53. The average Bonchev–Trinajstić information content (AvgIpc) is 2.61. The molecule has 0 heterocycles. The quantitative estimate of drug-likeness (QED) is 0.568. The molecule has 26 heavy (non-hydrogen) atoms. The fraction of sp³-hybridized carbons (Fsp3) is 0.0833. The van der Waals surface area contributed by atoms with Gasteiger partial charge in [0, 0.05) is 22.3 Å². The molecule has 0 aromatic heterocycles. The van der Waals surface area contributed by atoms with Crippen LogP contribution in [0.5, 0.6) is 11.5 Å². The van der Waals surface area contributed by atoms with E-state index in [1.54, 1.807) is 24.3 Å². The van der Waals surface area contributed by atoms with Crippen LogP contribution in [0, 0.1) is 0 Å². The van der Waals surface area contributed by atoms with Crippen molar-refractivity contribution in [1.82, 2.24) is 0 Å². The van der Waals surface area contributed by atoms with E-state index in [9.17, 15) is 10.2 Å². The molecular formula is C24H22O2. The van der Waals surface area contributed by atoms with E-state index < -0.39 is 0 Å². The molecule has 0 bridgehead atoms. The number of hydrogen-bond acceptors (Lipinski definition) is 2. The molecular weight excluding hydrogens is 320 g/mol. The van der Waals surface area contributed by atoms with Crippen LogP contribution in [0.3, 0.4) is 0 Å². The Kier molecular flexibility index (Phi) is 4.68. The Bertz CT molecular complexity index is 930. The molecule has 3 aromatic rings. The Labute approximate surface area is 154 Å². The lowest BCUT2D eigenvalue weighted by molar-refractivity contribution is 0.476. The third-order valence-electron chi connectivity index (χ3n) is 4.47. The van der Waals surface area contributed by atoms with Gasteiger partial charge in [-0.3, -0.25) is 0 Å². The van der Waals surface area contributed by atoms with Crippen molar-refractivity contribution in [2.75, 3.05) is 0 Å². The molecule has 0 atom stereocenters. The first kappa shape index (κ1) is 17.6. The summed E-state index contributed by atoms with van der Waals surface area (Å²) >= 11 is 0. The summed E-state index contributed by atoms with van der Waals surface area (Å²) in [5.74, 6) is 0.371. The molecule has 0 spiro atoms. The van der Waals surface area contributed by atoms with Gasteiger partial charge in [-0.25, -0.2) is 0 Å². The molecule has 0 aliphatic carbocycles. The second-order valence-corrected chi connectivity index (χ2v) is 6.51. The minimum absolute atomic E-state index is 0.186. The van der Waals surface area contributed by atoms with Gasteiger partial charge >= 0.3 is 0 Å². The molecule has 0 fully saturated rings. The Hall–Kier alpha value is -3.26. The summed E-state index contributed by atoms with van der Waals surface area (Å²) in [7, 11) is 0. The maximum atomic E-state index is 10.5. The summed E-state index contributed by atoms with van der Waals surface area (Å²) in [4.78, 5) is 0. The summed E-state index contributed by atoms with van der Waals surface area (Å²) in [5.41, 5.74) is 6.71. The molecule has 0 aliphatic heterocycles. The van der Waals surface area contributed by atoms with E-state index in [0.717, 1.165) is 33.4 Å².